The number of carbonyl (C=O) groups excluding carboxylic acids is 1. The number of rotatable bonds is 6. The maximum Gasteiger partial charge on any atom is 0.276 e. The molecule has 124 valence electrons. The zero-order valence-corrected chi connectivity index (χ0v) is 13.9. The second kappa shape index (κ2) is 9.32. The molecule has 0 fully saturated rings. The summed E-state index contributed by atoms with van der Waals surface area (Å²) in [5, 5.41) is 3.15. The van der Waals surface area contributed by atoms with E-state index in [2.05, 4.69) is 22.7 Å². The molecule has 0 aliphatic rings. The van der Waals surface area contributed by atoms with E-state index in [1.54, 1.807) is 6.08 Å². The Kier molecular flexibility index (Phi) is 6.79. The molecule has 2 aromatic carbocycles. The lowest BCUT2D eigenvalue weighted by molar-refractivity contribution is -0.123. The fraction of sp³-hybridized carbons (Fsp3) is 0.111. The molecule has 5 nitrogen and oxygen atoms in total. The van der Waals surface area contributed by atoms with Crippen LogP contribution in [0.2, 0.25) is 0 Å². The quantitative estimate of drug-likeness (QED) is 0.428. The number of hydrazine groups is 1. The first-order chi connectivity index (χ1) is 11.7. The first-order valence-electron chi connectivity index (χ1n) is 7.41. The summed E-state index contributed by atoms with van der Waals surface area (Å²) in [6.45, 7) is 3.97. The van der Waals surface area contributed by atoms with Crippen LogP contribution in [0.25, 0.3) is 11.1 Å². The van der Waals surface area contributed by atoms with Crippen LogP contribution in [-0.4, -0.2) is 24.2 Å². The minimum absolute atomic E-state index is 0.109. The summed E-state index contributed by atoms with van der Waals surface area (Å²) in [5.41, 5.74) is 7.25. The zero-order chi connectivity index (χ0) is 17.2. The molecule has 0 saturated heterocycles. The highest BCUT2D eigenvalue weighted by Crippen LogP contribution is 2.21. The number of benzene rings is 2. The summed E-state index contributed by atoms with van der Waals surface area (Å²) < 4.78 is 5.44. The van der Waals surface area contributed by atoms with E-state index < -0.39 is 0 Å². The van der Waals surface area contributed by atoms with Crippen molar-refractivity contribution in [3.05, 3.63) is 67.3 Å². The number of hydrogen-bond acceptors (Lipinski definition) is 3. The van der Waals surface area contributed by atoms with E-state index in [4.69, 9.17) is 17.0 Å². The summed E-state index contributed by atoms with van der Waals surface area (Å²) in [6.07, 6.45) is 1.66. The molecule has 0 bridgehead atoms. The molecular weight excluding hydrogens is 322 g/mol. The molecule has 0 aromatic heterocycles. The summed E-state index contributed by atoms with van der Waals surface area (Å²) >= 11 is 4.95. The molecule has 1 amide bonds. The van der Waals surface area contributed by atoms with Crippen LogP contribution in [0, 0.1) is 0 Å². The van der Waals surface area contributed by atoms with Crippen molar-refractivity contribution in [2.24, 2.45) is 0 Å². The van der Waals surface area contributed by atoms with Crippen LogP contribution in [0.5, 0.6) is 5.75 Å². The maximum absolute atomic E-state index is 11.7. The fourth-order valence-electron chi connectivity index (χ4n) is 1.89. The van der Waals surface area contributed by atoms with Crippen molar-refractivity contribution in [2.45, 2.75) is 0 Å². The Hall–Kier alpha value is -2.86. The molecule has 0 unspecified atom stereocenters. The SMILES string of the molecule is C=CCNC(=S)NNC(=O)COc1ccc(-c2ccccc2)cc1. The van der Waals surface area contributed by atoms with Crippen molar-refractivity contribution in [1.82, 2.24) is 16.2 Å². The number of thiocarbonyl (C=S) groups is 1. The molecule has 0 atom stereocenters. The van der Waals surface area contributed by atoms with Gasteiger partial charge in [0, 0.05) is 6.54 Å². The van der Waals surface area contributed by atoms with Crippen molar-refractivity contribution in [3.63, 3.8) is 0 Å². The number of nitrogens with one attached hydrogen (secondary N) is 3. The molecule has 0 saturated carbocycles. The Morgan fingerprint density at radius 1 is 1.04 bits per heavy atom. The van der Waals surface area contributed by atoms with Gasteiger partial charge in [-0.25, -0.2) is 0 Å². The highest BCUT2D eigenvalue weighted by molar-refractivity contribution is 7.80. The van der Waals surface area contributed by atoms with Crippen molar-refractivity contribution in [2.75, 3.05) is 13.2 Å². The van der Waals surface area contributed by atoms with Gasteiger partial charge in [0.25, 0.3) is 5.91 Å². The van der Waals surface area contributed by atoms with Gasteiger partial charge in [-0.1, -0.05) is 48.5 Å². The van der Waals surface area contributed by atoms with Crippen LogP contribution >= 0.6 is 12.2 Å². The number of amides is 1. The van der Waals surface area contributed by atoms with Crippen LogP contribution in [-0.2, 0) is 4.79 Å². The Bertz CT molecular complexity index is 687. The first-order valence-corrected chi connectivity index (χ1v) is 7.81. The Labute approximate surface area is 146 Å². The molecule has 0 aliphatic heterocycles. The van der Waals surface area contributed by atoms with Crippen LogP contribution in [0.1, 0.15) is 0 Å². The van der Waals surface area contributed by atoms with Gasteiger partial charge < -0.3 is 10.1 Å². The average Bonchev–Trinajstić information content (AvgIpc) is 2.64. The van der Waals surface area contributed by atoms with Gasteiger partial charge >= 0.3 is 0 Å². The predicted molar refractivity (Wildman–Crippen MR) is 99.4 cm³/mol. The normalized spacial score (nSPS) is 9.67. The maximum atomic E-state index is 11.7. The van der Waals surface area contributed by atoms with Gasteiger partial charge in [0.15, 0.2) is 11.7 Å². The molecule has 0 radical (unpaired) electrons. The lowest BCUT2D eigenvalue weighted by atomic mass is 10.1. The van der Waals surface area contributed by atoms with E-state index in [1.165, 1.54) is 0 Å². The lowest BCUT2D eigenvalue weighted by Gasteiger charge is -2.11. The van der Waals surface area contributed by atoms with Gasteiger partial charge in [0.2, 0.25) is 0 Å². The third-order valence-electron chi connectivity index (χ3n) is 3.05. The highest BCUT2D eigenvalue weighted by atomic mass is 32.1. The van der Waals surface area contributed by atoms with Crippen molar-refractivity contribution in [1.29, 1.82) is 0 Å². The molecule has 2 aromatic rings. The molecule has 6 heteroatoms. The van der Waals surface area contributed by atoms with Crippen molar-refractivity contribution in [3.8, 4) is 16.9 Å². The van der Waals surface area contributed by atoms with E-state index in [0.29, 0.717) is 17.4 Å². The van der Waals surface area contributed by atoms with Gasteiger partial charge in [0.1, 0.15) is 5.75 Å². The molecule has 2 rings (SSSR count). The van der Waals surface area contributed by atoms with Gasteiger partial charge in [-0.2, -0.15) is 0 Å². The van der Waals surface area contributed by atoms with Gasteiger partial charge in [-0.15, -0.1) is 6.58 Å². The molecule has 24 heavy (non-hydrogen) atoms. The highest BCUT2D eigenvalue weighted by Gasteiger charge is 2.04. The predicted octanol–water partition coefficient (Wildman–Crippen LogP) is 2.41. The number of hydrogen-bond donors (Lipinski definition) is 3. The topological polar surface area (TPSA) is 62.4 Å². The standard InChI is InChI=1S/C18H19N3O2S/c1-2-12-19-18(24)21-20-17(22)13-23-16-10-8-15(9-11-16)14-6-4-3-5-7-14/h2-11H,1,12-13H2,(H,20,22)(H2,19,21,24). The first kappa shape index (κ1) is 17.5. The molecule has 3 N–H and O–H groups in total. The van der Waals surface area contributed by atoms with Gasteiger partial charge in [-0.3, -0.25) is 15.6 Å². The summed E-state index contributed by atoms with van der Waals surface area (Å²) in [6, 6.07) is 17.6. The Morgan fingerprint density at radius 2 is 1.71 bits per heavy atom. The van der Waals surface area contributed by atoms with Crippen LogP contribution in [0.3, 0.4) is 0 Å². The van der Waals surface area contributed by atoms with Crippen LogP contribution in [0.4, 0.5) is 0 Å². The summed E-state index contributed by atoms with van der Waals surface area (Å²) in [7, 11) is 0. The summed E-state index contributed by atoms with van der Waals surface area (Å²) in [4.78, 5) is 11.7. The second-order valence-electron chi connectivity index (χ2n) is 4.85. The zero-order valence-electron chi connectivity index (χ0n) is 13.1. The van der Waals surface area contributed by atoms with Crippen molar-refractivity contribution < 1.29 is 9.53 Å². The van der Waals surface area contributed by atoms with E-state index >= 15 is 0 Å². The van der Waals surface area contributed by atoms with E-state index in [0.717, 1.165) is 11.1 Å². The largest absolute Gasteiger partial charge is 0.484 e. The van der Waals surface area contributed by atoms with Crippen LogP contribution < -0.4 is 20.9 Å². The third-order valence-corrected chi connectivity index (χ3v) is 3.30. The molecule has 0 spiro atoms. The second-order valence-corrected chi connectivity index (χ2v) is 5.26. The van der Waals surface area contributed by atoms with Gasteiger partial charge in [0.05, 0.1) is 0 Å². The summed E-state index contributed by atoms with van der Waals surface area (Å²) in [5.74, 6) is 0.294. The van der Waals surface area contributed by atoms with E-state index in [9.17, 15) is 4.79 Å². The third kappa shape index (κ3) is 5.73. The van der Waals surface area contributed by atoms with Crippen LogP contribution in [0.15, 0.2) is 67.3 Å². The monoisotopic (exact) mass is 341 g/mol. The fourth-order valence-corrected chi connectivity index (χ4v) is 2.03. The Morgan fingerprint density at radius 3 is 2.38 bits per heavy atom. The molecule has 0 aliphatic carbocycles. The molecule has 0 heterocycles. The van der Waals surface area contributed by atoms with Crippen molar-refractivity contribution >= 4 is 23.2 Å². The minimum Gasteiger partial charge on any atom is -0.484 e. The van der Waals surface area contributed by atoms with Gasteiger partial charge in [-0.05, 0) is 35.5 Å². The smallest absolute Gasteiger partial charge is 0.276 e. The Balaban J connectivity index is 1.77. The minimum atomic E-state index is -0.329. The van der Waals surface area contributed by atoms with E-state index in [1.807, 2.05) is 54.6 Å². The van der Waals surface area contributed by atoms with E-state index in [-0.39, 0.29) is 12.5 Å². The molecular formula is C18H19N3O2S. The number of ether oxygens (including phenoxy) is 1. The lowest BCUT2D eigenvalue weighted by Crippen LogP contribution is -2.48. The number of carbonyl (C=O) groups is 1. The average molecular weight is 341 g/mol.